The molecule has 4 nitrogen and oxygen atoms in total. The Kier molecular flexibility index (Phi) is 7.48. The van der Waals surface area contributed by atoms with Crippen molar-refractivity contribution in [1.82, 2.24) is 10.6 Å². The van der Waals surface area contributed by atoms with Crippen LogP contribution in [0.5, 0.6) is 0 Å². The van der Waals surface area contributed by atoms with Crippen LogP contribution in [0, 0.1) is 5.82 Å². The minimum absolute atomic E-state index is 0.00112. The smallest absolute Gasteiger partial charge is 0.407 e. The molecule has 0 radical (unpaired) electrons. The second kappa shape index (κ2) is 8.64. The molecular formula is C17H26BrFN2O2. The largest absolute Gasteiger partial charge is 0.444 e. The maximum atomic E-state index is 13.1. The summed E-state index contributed by atoms with van der Waals surface area (Å²) in [6.45, 7) is 10.2. The number of nitrogens with one attached hydrogen (secondary N) is 2. The average Bonchev–Trinajstić information content (AvgIpc) is 2.35. The standard InChI is InChI=1S/C17H26BrFN2O2/c1-11(21-16(22)23-17(3,4)5)8-9-20-12(2)14-7-6-13(19)10-15(14)18/h6-7,10-12,20H,8-9H2,1-5H3,(H,21,22). The number of hydrogen-bond acceptors (Lipinski definition) is 3. The van der Waals surface area contributed by atoms with Crippen LogP contribution in [0.25, 0.3) is 0 Å². The van der Waals surface area contributed by atoms with Crippen molar-refractivity contribution in [3.63, 3.8) is 0 Å². The van der Waals surface area contributed by atoms with Crippen molar-refractivity contribution in [2.45, 2.75) is 58.7 Å². The lowest BCUT2D eigenvalue weighted by Gasteiger charge is -2.22. The van der Waals surface area contributed by atoms with Crippen molar-refractivity contribution in [3.8, 4) is 0 Å². The third-order valence-electron chi connectivity index (χ3n) is 3.22. The molecule has 2 N–H and O–H groups in total. The van der Waals surface area contributed by atoms with E-state index in [1.807, 2.05) is 34.6 Å². The lowest BCUT2D eigenvalue weighted by Crippen LogP contribution is -2.39. The van der Waals surface area contributed by atoms with Crippen LogP contribution in [-0.2, 0) is 4.74 Å². The molecule has 130 valence electrons. The van der Waals surface area contributed by atoms with E-state index >= 15 is 0 Å². The Morgan fingerprint density at radius 3 is 2.57 bits per heavy atom. The summed E-state index contributed by atoms with van der Waals surface area (Å²) in [5, 5.41) is 6.18. The molecule has 0 aliphatic rings. The van der Waals surface area contributed by atoms with Crippen LogP contribution in [-0.4, -0.2) is 24.3 Å². The van der Waals surface area contributed by atoms with Gasteiger partial charge in [0.15, 0.2) is 0 Å². The van der Waals surface area contributed by atoms with E-state index in [1.54, 1.807) is 6.07 Å². The maximum Gasteiger partial charge on any atom is 0.407 e. The second-order valence-electron chi connectivity index (χ2n) is 6.68. The van der Waals surface area contributed by atoms with Gasteiger partial charge in [-0.1, -0.05) is 22.0 Å². The number of ether oxygens (including phenoxy) is 1. The van der Waals surface area contributed by atoms with Gasteiger partial charge in [-0.2, -0.15) is 0 Å². The lowest BCUT2D eigenvalue weighted by atomic mass is 10.1. The summed E-state index contributed by atoms with van der Waals surface area (Å²) in [7, 11) is 0. The van der Waals surface area contributed by atoms with E-state index in [1.165, 1.54) is 12.1 Å². The minimum Gasteiger partial charge on any atom is -0.444 e. The summed E-state index contributed by atoms with van der Waals surface area (Å²) in [6.07, 6.45) is 0.363. The summed E-state index contributed by atoms with van der Waals surface area (Å²) < 4.78 is 19.1. The molecule has 0 bridgehead atoms. The first-order valence-electron chi connectivity index (χ1n) is 7.76. The number of carbonyl (C=O) groups excluding carboxylic acids is 1. The summed E-state index contributed by atoms with van der Waals surface area (Å²) in [4.78, 5) is 11.7. The summed E-state index contributed by atoms with van der Waals surface area (Å²) in [5.74, 6) is -0.261. The number of benzene rings is 1. The lowest BCUT2D eigenvalue weighted by molar-refractivity contribution is 0.0506. The van der Waals surface area contributed by atoms with E-state index in [-0.39, 0.29) is 17.9 Å². The molecule has 1 aromatic rings. The third-order valence-corrected chi connectivity index (χ3v) is 3.91. The molecule has 1 amide bonds. The van der Waals surface area contributed by atoms with Gasteiger partial charge >= 0.3 is 6.09 Å². The minimum atomic E-state index is -0.495. The molecule has 0 aliphatic heterocycles. The molecular weight excluding hydrogens is 363 g/mol. The molecule has 0 aromatic heterocycles. The Morgan fingerprint density at radius 1 is 1.35 bits per heavy atom. The Hall–Kier alpha value is -1.14. The van der Waals surface area contributed by atoms with Gasteiger partial charge in [-0.3, -0.25) is 0 Å². The number of carbonyl (C=O) groups is 1. The fraction of sp³-hybridized carbons (Fsp3) is 0.588. The fourth-order valence-corrected chi connectivity index (χ4v) is 2.75. The van der Waals surface area contributed by atoms with Crippen LogP contribution in [0.2, 0.25) is 0 Å². The van der Waals surface area contributed by atoms with Crippen molar-refractivity contribution in [2.24, 2.45) is 0 Å². The van der Waals surface area contributed by atoms with Gasteiger partial charge in [0.2, 0.25) is 0 Å². The van der Waals surface area contributed by atoms with Gasteiger partial charge in [0.05, 0.1) is 0 Å². The Labute approximate surface area is 146 Å². The van der Waals surface area contributed by atoms with Gasteiger partial charge in [0.25, 0.3) is 0 Å². The highest BCUT2D eigenvalue weighted by atomic mass is 79.9. The number of rotatable bonds is 6. The molecule has 0 heterocycles. The van der Waals surface area contributed by atoms with Gasteiger partial charge in [0.1, 0.15) is 11.4 Å². The molecule has 0 spiro atoms. The van der Waals surface area contributed by atoms with Gasteiger partial charge in [0, 0.05) is 16.6 Å². The van der Waals surface area contributed by atoms with Crippen molar-refractivity contribution in [1.29, 1.82) is 0 Å². The zero-order chi connectivity index (χ0) is 17.6. The first-order chi connectivity index (χ1) is 10.6. The van der Waals surface area contributed by atoms with Crippen LogP contribution in [0.4, 0.5) is 9.18 Å². The van der Waals surface area contributed by atoms with E-state index in [0.717, 1.165) is 23.0 Å². The molecule has 1 aromatic carbocycles. The number of hydrogen-bond donors (Lipinski definition) is 2. The van der Waals surface area contributed by atoms with Crippen LogP contribution in [0.3, 0.4) is 0 Å². The van der Waals surface area contributed by atoms with E-state index in [0.29, 0.717) is 0 Å². The highest BCUT2D eigenvalue weighted by Crippen LogP contribution is 2.24. The summed E-state index contributed by atoms with van der Waals surface area (Å²) in [5.41, 5.74) is 0.505. The molecule has 1 rings (SSSR count). The predicted octanol–water partition coefficient (Wildman–Crippen LogP) is 4.54. The molecule has 2 atom stereocenters. The predicted molar refractivity (Wildman–Crippen MR) is 94.0 cm³/mol. The SMILES string of the molecule is CC(CCNC(C)c1ccc(F)cc1Br)NC(=O)OC(C)(C)C. The quantitative estimate of drug-likeness (QED) is 0.751. The van der Waals surface area contributed by atoms with E-state index in [9.17, 15) is 9.18 Å². The Bertz CT molecular complexity index is 532. The number of alkyl carbamates (subject to hydrolysis) is 1. The topological polar surface area (TPSA) is 50.4 Å². The number of amides is 1. The van der Waals surface area contributed by atoms with Crippen molar-refractivity contribution in [2.75, 3.05) is 6.54 Å². The van der Waals surface area contributed by atoms with E-state index in [2.05, 4.69) is 26.6 Å². The van der Waals surface area contributed by atoms with E-state index in [4.69, 9.17) is 4.74 Å². The third kappa shape index (κ3) is 7.79. The first kappa shape index (κ1) is 19.9. The number of halogens is 2. The van der Waals surface area contributed by atoms with Gasteiger partial charge in [-0.25, -0.2) is 9.18 Å². The monoisotopic (exact) mass is 388 g/mol. The summed E-state index contributed by atoms with van der Waals surface area (Å²) in [6, 6.07) is 4.75. The van der Waals surface area contributed by atoms with Crippen molar-refractivity contribution >= 4 is 22.0 Å². The highest BCUT2D eigenvalue weighted by Gasteiger charge is 2.17. The summed E-state index contributed by atoms with van der Waals surface area (Å²) >= 11 is 3.38. The van der Waals surface area contributed by atoms with E-state index < -0.39 is 11.7 Å². The van der Waals surface area contributed by atoms with Gasteiger partial charge < -0.3 is 15.4 Å². The maximum absolute atomic E-state index is 13.1. The Balaban J connectivity index is 2.37. The normalized spacial score (nSPS) is 14.2. The van der Waals surface area contributed by atoms with Crippen LogP contribution in [0.15, 0.2) is 22.7 Å². The zero-order valence-corrected chi connectivity index (χ0v) is 16.0. The fourth-order valence-electron chi connectivity index (χ4n) is 2.06. The van der Waals surface area contributed by atoms with Crippen LogP contribution < -0.4 is 10.6 Å². The second-order valence-corrected chi connectivity index (χ2v) is 7.53. The van der Waals surface area contributed by atoms with Crippen molar-refractivity contribution in [3.05, 3.63) is 34.1 Å². The molecule has 2 unspecified atom stereocenters. The molecule has 0 saturated heterocycles. The molecule has 0 aliphatic carbocycles. The molecule has 6 heteroatoms. The zero-order valence-electron chi connectivity index (χ0n) is 14.4. The molecule has 23 heavy (non-hydrogen) atoms. The first-order valence-corrected chi connectivity index (χ1v) is 8.55. The Morgan fingerprint density at radius 2 is 2.00 bits per heavy atom. The molecule has 0 fully saturated rings. The van der Waals surface area contributed by atoms with Gasteiger partial charge in [-0.05, 0) is 65.3 Å². The van der Waals surface area contributed by atoms with Gasteiger partial charge in [-0.15, -0.1) is 0 Å². The van der Waals surface area contributed by atoms with Crippen molar-refractivity contribution < 1.29 is 13.9 Å². The van der Waals surface area contributed by atoms with Crippen LogP contribution >= 0.6 is 15.9 Å². The average molecular weight is 389 g/mol. The van der Waals surface area contributed by atoms with Crippen LogP contribution in [0.1, 0.15) is 52.6 Å². The highest BCUT2D eigenvalue weighted by molar-refractivity contribution is 9.10. The molecule has 0 saturated carbocycles.